The molecule has 1 aliphatic rings. The summed E-state index contributed by atoms with van der Waals surface area (Å²) in [7, 11) is 4.28. The fourth-order valence-electron chi connectivity index (χ4n) is 2.84. The van der Waals surface area contributed by atoms with Crippen molar-refractivity contribution in [2.45, 2.75) is 26.5 Å². The van der Waals surface area contributed by atoms with E-state index in [9.17, 15) is 0 Å². The molecular formula is C14H23N3O. The van der Waals surface area contributed by atoms with Gasteiger partial charge in [0.2, 0.25) is 0 Å². The third-order valence-corrected chi connectivity index (χ3v) is 3.83. The van der Waals surface area contributed by atoms with Gasteiger partial charge in [0.15, 0.2) is 0 Å². The van der Waals surface area contributed by atoms with Crippen LogP contribution in [-0.2, 0) is 6.61 Å². The van der Waals surface area contributed by atoms with E-state index in [1.54, 1.807) is 6.20 Å². The lowest BCUT2D eigenvalue weighted by molar-refractivity contribution is 0.266. The molecule has 0 aliphatic carbocycles. The summed E-state index contributed by atoms with van der Waals surface area (Å²) in [5.41, 5.74) is 2.03. The molecule has 0 amide bonds. The first-order valence-electron chi connectivity index (χ1n) is 6.50. The van der Waals surface area contributed by atoms with Crippen LogP contribution in [0, 0.1) is 12.8 Å². The van der Waals surface area contributed by atoms with Gasteiger partial charge >= 0.3 is 0 Å². The summed E-state index contributed by atoms with van der Waals surface area (Å²) in [6.45, 7) is 6.50. The van der Waals surface area contributed by atoms with E-state index in [1.807, 2.05) is 6.07 Å². The number of aromatic nitrogens is 1. The fourth-order valence-corrected chi connectivity index (χ4v) is 2.84. The van der Waals surface area contributed by atoms with Crippen LogP contribution in [0.5, 0.6) is 0 Å². The lowest BCUT2D eigenvalue weighted by Gasteiger charge is -2.23. The van der Waals surface area contributed by atoms with E-state index in [-0.39, 0.29) is 6.61 Å². The van der Waals surface area contributed by atoms with Crippen molar-refractivity contribution in [3.05, 3.63) is 23.4 Å². The van der Waals surface area contributed by atoms with Gasteiger partial charge in [-0.15, -0.1) is 0 Å². The SMILES string of the molecule is Cc1cc(CO)cnc1N1CC(C)C(N(C)C)C1. The first-order chi connectivity index (χ1) is 8.52. The predicted molar refractivity (Wildman–Crippen MR) is 73.7 cm³/mol. The minimum absolute atomic E-state index is 0.0604. The molecule has 100 valence electrons. The summed E-state index contributed by atoms with van der Waals surface area (Å²) >= 11 is 0. The van der Waals surface area contributed by atoms with Crippen molar-refractivity contribution in [3.8, 4) is 0 Å². The molecule has 0 radical (unpaired) electrons. The maximum atomic E-state index is 9.11. The Kier molecular flexibility index (Phi) is 3.88. The smallest absolute Gasteiger partial charge is 0.131 e. The number of aliphatic hydroxyl groups excluding tert-OH is 1. The maximum absolute atomic E-state index is 9.11. The van der Waals surface area contributed by atoms with Crippen LogP contribution in [0.2, 0.25) is 0 Å². The van der Waals surface area contributed by atoms with Crippen LogP contribution >= 0.6 is 0 Å². The highest BCUT2D eigenvalue weighted by atomic mass is 16.3. The summed E-state index contributed by atoms with van der Waals surface area (Å²) in [6.07, 6.45) is 1.77. The fraction of sp³-hybridized carbons (Fsp3) is 0.643. The highest BCUT2D eigenvalue weighted by molar-refractivity contribution is 5.48. The molecule has 1 N–H and O–H groups in total. The van der Waals surface area contributed by atoms with Crippen LogP contribution in [0.3, 0.4) is 0 Å². The molecule has 1 saturated heterocycles. The van der Waals surface area contributed by atoms with E-state index in [1.165, 1.54) is 0 Å². The number of anilines is 1. The molecule has 0 saturated carbocycles. The van der Waals surface area contributed by atoms with E-state index >= 15 is 0 Å². The summed E-state index contributed by atoms with van der Waals surface area (Å²) in [5.74, 6) is 1.71. The third-order valence-electron chi connectivity index (χ3n) is 3.83. The molecule has 2 atom stereocenters. The normalized spacial score (nSPS) is 24.0. The average Bonchev–Trinajstić information content (AvgIpc) is 2.71. The van der Waals surface area contributed by atoms with Crippen LogP contribution in [0.1, 0.15) is 18.1 Å². The van der Waals surface area contributed by atoms with Gasteiger partial charge in [-0.3, -0.25) is 0 Å². The average molecular weight is 249 g/mol. The minimum Gasteiger partial charge on any atom is -0.392 e. The number of rotatable bonds is 3. The lowest BCUT2D eigenvalue weighted by Crippen LogP contribution is -2.34. The largest absolute Gasteiger partial charge is 0.392 e. The standard InChI is InChI=1S/C14H23N3O/c1-10-5-12(9-18)6-15-14(10)17-7-11(2)13(8-17)16(3)4/h5-6,11,13,18H,7-9H2,1-4H3. The molecule has 0 bridgehead atoms. The van der Waals surface area contributed by atoms with Crippen LogP contribution in [0.25, 0.3) is 0 Å². The van der Waals surface area contributed by atoms with Gasteiger partial charge in [0.05, 0.1) is 6.61 Å². The highest BCUT2D eigenvalue weighted by Gasteiger charge is 2.32. The van der Waals surface area contributed by atoms with Gasteiger partial charge in [-0.2, -0.15) is 0 Å². The van der Waals surface area contributed by atoms with Gasteiger partial charge < -0.3 is 14.9 Å². The molecule has 4 heteroatoms. The number of likely N-dealkylation sites (N-methyl/N-ethyl adjacent to an activating group) is 1. The summed E-state index contributed by atoms with van der Waals surface area (Å²) in [6, 6.07) is 2.61. The molecule has 4 nitrogen and oxygen atoms in total. The Bertz CT molecular complexity index is 420. The second-order valence-electron chi connectivity index (χ2n) is 5.56. The van der Waals surface area contributed by atoms with Crippen LogP contribution in [-0.4, -0.2) is 48.2 Å². The topological polar surface area (TPSA) is 39.6 Å². The Hall–Kier alpha value is -1.13. The van der Waals surface area contributed by atoms with Gasteiger partial charge in [0.25, 0.3) is 0 Å². The first-order valence-corrected chi connectivity index (χ1v) is 6.50. The Morgan fingerprint density at radius 1 is 1.44 bits per heavy atom. The van der Waals surface area contributed by atoms with Crippen molar-refractivity contribution in [3.63, 3.8) is 0 Å². The monoisotopic (exact) mass is 249 g/mol. The summed E-state index contributed by atoms with van der Waals surface area (Å²) in [5, 5.41) is 9.11. The zero-order valence-corrected chi connectivity index (χ0v) is 11.7. The molecule has 2 rings (SSSR count). The van der Waals surface area contributed by atoms with E-state index in [0.717, 1.165) is 30.0 Å². The number of aryl methyl sites for hydroxylation is 1. The molecule has 2 unspecified atom stereocenters. The quantitative estimate of drug-likeness (QED) is 0.875. The Labute approximate surface area is 109 Å². The number of pyridine rings is 1. The van der Waals surface area contributed by atoms with Crippen molar-refractivity contribution < 1.29 is 5.11 Å². The molecular weight excluding hydrogens is 226 g/mol. The Balaban J connectivity index is 2.18. The molecule has 1 fully saturated rings. The third kappa shape index (κ3) is 2.49. The number of hydrogen-bond acceptors (Lipinski definition) is 4. The van der Waals surface area contributed by atoms with Crippen LogP contribution < -0.4 is 4.90 Å². The Morgan fingerprint density at radius 2 is 2.17 bits per heavy atom. The summed E-state index contributed by atoms with van der Waals surface area (Å²) in [4.78, 5) is 9.15. The second kappa shape index (κ2) is 5.24. The molecule has 0 aromatic carbocycles. The van der Waals surface area contributed by atoms with Crippen molar-refractivity contribution in [2.75, 3.05) is 32.1 Å². The molecule has 1 aliphatic heterocycles. The number of nitrogens with zero attached hydrogens (tertiary/aromatic N) is 3. The number of aliphatic hydroxyl groups is 1. The van der Waals surface area contributed by atoms with Gasteiger partial charge in [0, 0.05) is 25.3 Å². The van der Waals surface area contributed by atoms with E-state index in [2.05, 4.69) is 42.7 Å². The molecule has 2 heterocycles. The highest BCUT2D eigenvalue weighted by Crippen LogP contribution is 2.27. The number of hydrogen-bond donors (Lipinski definition) is 1. The van der Waals surface area contributed by atoms with E-state index in [4.69, 9.17) is 5.11 Å². The molecule has 18 heavy (non-hydrogen) atoms. The molecule has 0 spiro atoms. The first kappa shape index (κ1) is 13.3. The molecule has 1 aromatic heterocycles. The molecule has 1 aromatic rings. The van der Waals surface area contributed by atoms with E-state index in [0.29, 0.717) is 12.0 Å². The predicted octanol–water partition coefficient (Wildman–Crippen LogP) is 1.27. The lowest BCUT2D eigenvalue weighted by atomic mass is 10.1. The van der Waals surface area contributed by atoms with Crippen molar-refractivity contribution >= 4 is 5.82 Å². The zero-order valence-electron chi connectivity index (χ0n) is 11.7. The van der Waals surface area contributed by atoms with Crippen LogP contribution in [0.15, 0.2) is 12.3 Å². The van der Waals surface area contributed by atoms with Gasteiger partial charge in [-0.1, -0.05) is 6.92 Å². The van der Waals surface area contributed by atoms with E-state index < -0.39 is 0 Å². The maximum Gasteiger partial charge on any atom is 0.131 e. The van der Waals surface area contributed by atoms with Crippen LogP contribution in [0.4, 0.5) is 5.82 Å². The minimum atomic E-state index is 0.0604. The second-order valence-corrected chi connectivity index (χ2v) is 5.56. The van der Waals surface area contributed by atoms with Gasteiger partial charge in [-0.25, -0.2) is 4.98 Å². The van der Waals surface area contributed by atoms with Gasteiger partial charge in [0.1, 0.15) is 5.82 Å². The van der Waals surface area contributed by atoms with Crippen molar-refractivity contribution in [1.29, 1.82) is 0 Å². The van der Waals surface area contributed by atoms with Crippen molar-refractivity contribution in [2.24, 2.45) is 5.92 Å². The summed E-state index contributed by atoms with van der Waals surface area (Å²) < 4.78 is 0. The zero-order chi connectivity index (χ0) is 13.3. The Morgan fingerprint density at radius 3 is 2.67 bits per heavy atom. The van der Waals surface area contributed by atoms with Gasteiger partial charge in [-0.05, 0) is 44.1 Å². The van der Waals surface area contributed by atoms with Crippen molar-refractivity contribution in [1.82, 2.24) is 9.88 Å².